The van der Waals surface area contributed by atoms with Gasteiger partial charge in [-0.1, -0.05) is 53.5 Å². The van der Waals surface area contributed by atoms with Gasteiger partial charge in [0.25, 0.3) is 5.91 Å². The van der Waals surface area contributed by atoms with E-state index in [2.05, 4.69) is 15.6 Å². The van der Waals surface area contributed by atoms with Crippen molar-refractivity contribution in [2.75, 3.05) is 5.32 Å². The molecule has 0 aliphatic carbocycles. The molecule has 0 aliphatic rings. The molecule has 132 valence electrons. The van der Waals surface area contributed by atoms with Crippen molar-refractivity contribution in [3.8, 4) is 0 Å². The van der Waals surface area contributed by atoms with Crippen molar-refractivity contribution < 1.29 is 4.79 Å². The van der Waals surface area contributed by atoms with E-state index >= 15 is 0 Å². The van der Waals surface area contributed by atoms with E-state index in [1.165, 1.54) is 0 Å². The first kappa shape index (κ1) is 18.2. The third-order valence-corrected chi connectivity index (χ3v) is 4.43. The van der Waals surface area contributed by atoms with Crippen molar-refractivity contribution in [3.05, 3.63) is 93.6 Å². The van der Waals surface area contributed by atoms with Crippen LogP contribution in [0.2, 0.25) is 10.0 Å². The number of amides is 1. The summed E-state index contributed by atoms with van der Waals surface area (Å²) in [6.45, 7) is 0.962. The van der Waals surface area contributed by atoms with Crippen molar-refractivity contribution in [3.63, 3.8) is 0 Å². The molecule has 2 N–H and O–H groups in total. The van der Waals surface area contributed by atoms with Crippen LogP contribution in [0.1, 0.15) is 21.5 Å². The minimum absolute atomic E-state index is 0.164. The van der Waals surface area contributed by atoms with Gasteiger partial charge >= 0.3 is 0 Å². The highest BCUT2D eigenvalue weighted by Crippen LogP contribution is 2.17. The lowest BCUT2D eigenvalue weighted by Crippen LogP contribution is -2.23. The summed E-state index contributed by atoms with van der Waals surface area (Å²) in [5.41, 5.74) is 2.48. The monoisotopic (exact) mass is 385 g/mol. The molecule has 3 rings (SSSR count). The van der Waals surface area contributed by atoms with Crippen LogP contribution in [-0.2, 0) is 13.1 Å². The van der Waals surface area contributed by atoms with Crippen molar-refractivity contribution in [1.29, 1.82) is 0 Å². The summed E-state index contributed by atoms with van der Waals surface area (Å²) in [7, 11) is 0. The van der Waals surface area contributed by atoms with Crippen molar-refractivity contribution >= 4 is 34.9 Å². The zero-order chi connectivity index (χ0) is 18.4. The summed E-state index contributed by atoms with van der Waals surface area (Å²) >= 11 is 12.0. The molecule has 0 atom stereocenters. The lowest BCUT2D eigenvalue weighted by molar-refractivity contribution is 0.0951. The predicted molar refractivity (Wildman–Crippen MR) is 106 cm³/mol. The molecule has 0 fully saturated rings. The van der Waals surface area contributed by atoms with E-state index in [1.807, 2.05) is 36.4 Å². The quantitative estimate of drug-likeness (QED) is 0.632. The maximum Gasteiger partial charge on any atom is 0.251 e. The Hall–Kier alpha value is -2.56. The molecule has 0 unspecified atom stereocenters. The predicted octanol–water partition coefficient (Wildman–Crippen LogP) is 4.93. The Labute approximate surface area is 162 Å². The average Bonchev–Trinajstić information content (AvgIpc) is 2.67. The number of hydrogen-bond acceptors (Lipinski definition) is 3. The molecule has 3 aromatic rings. The Balaban J connectivity index is 1.60. The fourth-order valence-electron chi connectivity index (χ4n) is 2.38. The van der Waals surface area contributed by atoms with Crippen LogP contribution in [0.4, 0.5) is 5.82 Å². The van der Waals surface area contributed by atoms with E-state index in [4.69, 9.17) is 23.2 Å². The van der Waals surface area contributed by atoms with Crippen molar-refractivity contribution in [2.45, 2.75) is 13.1 Å². The number of rotatable bonds is 6. The molecule has 0 bridgehead atoms. The van der Waals surface area contributed by atoms with Gasteiger partial charge in [0.1, 0.15) is 5.82 Å². The van der Waals surface area contributed by atoms with E-state index in [1.54, 1.807) is 30.5 Å². The molecule has 1 aromatic heterocycles. The Morgan fingerprint density at radius 1 is 0.962 bits per heavy atom. The van der Waals surface area contributed by atoms with Crippen LogP contribution in [0.15, 0.2) is 66.9 Å². The summed E-state index contributed by atoms with van der Waals surface area (Å²) in [5, 5.41) is 7.43. The molecule has 26 heavy (non-hydrogen) atoms. The Bertz CT molecular complexity index is 898. The van der Waals surface area contributed by atoms with E-state index in [9.17, 15) is 4.79 Å². The molecule has 1 heterocycles. The van der Waals surface area contributed by atoms with Crippen LogP contribution in [0.3, 0.4) is 0 Å². The largest absolute Gasteiger partial charge is 0.366 e. The summed E-state index contributed by atoms with van der Waals surface area (Å²) < 4.78 is 0. The lowest BCUT2D eigenvalue weighted by atomic mass is 10.2. The van der Waals surface area contributed by atoms with E-state index in [-0.39, 0.29) is 5.91 Å². The molecule has 0 spiro atoms. The molecule has 0 aliphatic heterocycles. The van der Waals surface area contributed by atoms with Gasteiger partial charge in [0.15, 0.2) is 0 Å². The Kier molecular flexibility index (Phi) is 6.10. The van der Waals surface area contributed by atoms with Gasteiger partial charge in [0.2, 0.25) is 0 Å². The van der Waals surface area contributed by atoms with Crippen LogP contribution < -0.4 is 10.6 Å². The van der Waals surface area contributed by atoms with Crippen molar-refractivity contribution in [1.82, 2.24) is 10.3 Å². The highest BCUT2D eigenvalue weighted by Gasteiger charge is 2.07. The van der Waals surface area contributed by atoms with E-state index in [0.29, 0.717) is 34.5 Å². The number of aromatic nitrogens is 1. The molecule has 1 amide bonds. The zero-order valence-electron chi connectivity index (χ0n) is 13.9. The maximum absolute atomic E-state index is 12.4. The normalized spacial score (nSPS) is 10.4. The van der Waals surface area contributed by atoms with Gasteiger partial charge in [-0.15, -0.1) is 0 Å². The van der Waals surface area contributed by atoms with Gasteiger partial charge in [-0.25, -0.2) is 4.98 Å². The van der Waals surface area contributed by atoms with Crippen LogP contribution in [0.25, 0.3) is 0 Å². The maximum atomic E-state index is 12.4. The highest BCUT2D eigenvalue weighted by molar-refractivity contribution is 6.31. The van der Waals surface area contributed by atoms with E-state index in [0.717, 1.165) is 11.1 Å². The number of halogens is 2. The number of carbonyl (C=O) groups is 1. The number of nitrogens with zero attached hydrogens (tertiary/aromatic N) is 1. The molecule has 0 radical (unpaired) electrons. The number of benzene rings is 2. The smallest absolute Gasteiger partial charge is 0.251 e. The topological polar surface area (TPSA) is 54.0 Å². The minimum Gasteiger partial charge on any atom is -0.366 e. The van der Waals surface area contributed by atoms with Gasteiger partial charge in [-0.2, -0.15) is 0 Å². The summed E-state index contributed by atoms with van der Waals surface area (Å²) in [6.07, 6.45) is 1.60. The Morgan fingerprint density at radius 3 is 2.50 bits per heavy atom. The fraction of sp³-hybridized carbons (Fsp3) is 0.100. The molecule has 6 heteroatoms. The van der Waals surface area contributed by atoms with Gasteiger partial charge in [-0.05, 0) is 41.5 Å². The second-order valence-electron chi connectivity index (χ2n) is 5.68. The number of carbonyl (C=O) groups excluding carboxylic acids is 1. The van der Waals surface area contributed by atoms with Gasteiger partial charge < -0.3 is 10.6 Å². The number of anilines is 1. The summed E-state index contributed by atoms with van der Waals surface area (Å²) in [4.78, 5) is 16.6. The first-order valence-electron chi connectivity index (χ1n) is 8.08. The third kappa shape index (κ3) is 4.97. The lowest BCUT2D eigenvalue weighted by Gasteiger charge is -2.09. The second-order valence-corrected chi connectivity index (χ2v) is 6.53. The minimum atomic E-state index is -0.164. The van der Waals surface area contributed by atoms with Crippen LogP contribution in [-0.4, -0.2) is 10.9 Å². The SMILES string of the molecule is O=C(NCc1ccc(Cl)cc1)c1ccnc(NCc2ccccc2Cl)c1. The highest BCUT2D eigenvalue weighted by atomic mass is 35.5. The molecule has 0 saturated carbocycles. The molecular weight excluding hydrogens is 369 g/mol. The Morgan fingerprint density at radius 2 is 1.73 bits per heavy atom. The number of nitrogens with one attached hydrogen (secondary N) is 2. The number of pyridine rings is 1. The first-order valence-corrected chi connectivity index (χ1v) is 8.83. The van der Waals surface area contributed by atoms with Crippen LogP contribution >= 0.6 is 23.2 Å². The van der Waals surface area contributed by atoms with Crippen LogP contribution in [0, 0.1) is 0 Å². The standard InChI is InChI=1S/C20H17Cl2N3O/c21-17-7-5-14(6-8-17)12-25-20(26)15-9-10-23-19(11-15)24-13-16-3-1-2-4-18(16)22/h1-11H,12-13H2,(H,23,24)(H,25,26). The molecule has 2 aromatic carbocycles. The summed E-state index contributed by atoms with van der Waals surface area (Å²) in [5.74, 6) is 0.451. The van der Waals surface area contributed by atoms with Crippen LogP contribution in [0.5, 0.6) is 0 Å². The first-order chi connectivity index (χ1) is 12.6. The average molecular weight is 386 g/mol. The molecule has 4 nitrogen and oxygen atoms in total. The number of hydrogen-bond donors (Lipinski definition) is 2. The zero-order valence-corrected chi connectivity index (χ0v) is 15.4. The summed E-state index contributed by atoms with van der Waals surface area (Å²) in [6, 6.07) is 18.3. The fourth-order valence-corrected chi connectivity index (χ4v) is 2.71. The van der Waals surface area contributed by atoms with Gasteiger partial charge in [0.05, 0.1) is 0 Å². The molecular formula is C20H17Cl2N3O. The van der Waals surface area contributed by atoms with E-state index < -0.39 is 0 Å². The van der Waals surface area contributed by atoms with Gasteiger partial charge in [-0.3, -0.25) is 4.79 Å². The van der Waals surface area contributed by atoms with Crippen molar-refractivity contribution in [2.24, 2.45) is 0 Å². The third-order valence-electron chi connectivity index (χ3n) is 3.81. The second kappa shape index (κ2) is 8.70. The van der Waals surface area contributed by atoms with Gasteiger partial charge in [0, 0.05) is 34.9 Å². The molecule has 0 saturated heterocycles.